The smallest absolute Gasteiger partial charge is 0.339 e. The van der Waals surface area contributed by atoms with Gasteiger partial charge in [-0.3, -0.25) is 4.79 Å². The second kappa shape index (κ2) is 6.91. The third-order valence-electron chi connectivity index (χ3n) is 5.49. The van der Waals surface area contributed by atoms with Crippen LogP contribution in [0.5, 0.6) is 0 Å². The monoisotopic (exact) mass is 389 g/mol. The highest BCUT2D eigenvalue weighted by Crippen LogP contribution is 2.32. The van der Waals surface area contributed by atoms with Crippen molar-refractivity contribution >= 4 is 23.2 Å². The summed E-state index contributed by atoms with van der Waals surface area (Å²) in [7, 11) is 0. The van der Waals surface area contributed by atoms with E-state index in [1.165, 1.54) is 10.4 Å². The first-order chi connectivity index (χ1) is 13.7. The van der Waals surface area contributed by atoms with Crippen LogP contribution in [0.4, 0.5) is 0 Å². The van der Waals surface area contributed by atoms with Gasteiger partial charge in [0, 0.05) is 30.0 Å². The lowest BCUT2D eigenvalue weighted by Gasteiger charge is -2.28. The van der Waals surface area contributed by atoms with Gasteiger partial charge in [-0.05, 0) is 52.8 Å². The molecule has 1 amide bonds. The average molecular weight is 389 g/mol. The summed E-state index contributed by atoms with van der Waals surface area (Å²) < 4.78 is 5.61. The first-order valence-corrected chi connectivity index (χ1v) is 10.3. The first-order valence-electron chi connectivity index (χ1n) is 9.42. The van der Waals surface area contributed by atoms with Crippen LogP contribution in [-0.2, 0) is 24.1 Å². The molecule has 0 unspecified atom stereocenters. The molecule has 4 nitrogen and oxygen atoms in total. The lowest BCUT2D eigenvalue weighted by Crippen LogP contribution is -2.35. The average Bonchev–Trinajstić information content (AvgIpc) is 3.21. The highest BCUT2D eigenvalue weighted by Gasteiger charge is 2.29. The number of rotatable bonds is 2. The van der Waals surface area contributed by atoms with Gasteiger partial charge in [0.2, 0.25) is 0 Å². The van der Waals surface area contributed by atoms with E-state index in [0.717, 1.165) is 24.1 Å². The van der Waals surface area contributed by atoms with E-state index in [2.05, 4.69) is 11.4 Å². The summed E-state index contributed by atoms with van der Waals surface area (Å²) >= 11 is 1.76. The Bertz CT molecular complexity index is 1060. The van der Waals surface area contributed by atoms with Gasteiger partial charge in [0.1, 0.15) is 6.10 Å². The number of hydrogen-bond acceptors (Lipinski definition) is 4. The zero-order chi connectivity index (χ0) is 19.1. The van der Waals surface area contributed by atoms with Crippen molar-refractivity contribution in [2.24, 2.45) is 0 Å². The van der Waals surface area contributed by atoms with Crippen LogP contribution >= 0.6 is 11.3 Å². The summed E-state index contributed by atoms with van der Waals surface area (Å²) in [5, 5.41) is 2.09. The molecule has 0 fully saturated rings. The molecule has 140 valence electrons. The van der Waals surface area contributed by atoms with Crippen LogP contribution in [0.25, 0.3) is 0 Å². The largest absolute Gasteiger partial charge is 0.454 e. The topological polar surface area (TPSA) is 46.6 Å². The van der Waals surface area contributed by atoms with Gasteiger partial charge in [-0.2, -0.15) is 0 Å². The van der Waals surface area contributed by atoms with E-state index < -0.39 is 0 Å². The maximum absolute atomic E-state index is 13.1. The molecule has 0 aliphatic carbocycles. The van der Waals surface area contributed by atoms with E-state index in [-0.39, 0.29) is 18.0 Å². The lowest BCUT2D eigenvalue weighted by molar-refractivity contribution is 0.0252. The molecule has 2 aromatic carbocycles. The maximum atomic E-state index is 13.1. The zero-order valence-corrected chi connectivity index (χ0v) is 16.1. The van der Waals surface area contributed by atoms with E-state index in [0.29, 0.717) is 24.1 Å². The van der Waals surface area contributed by atoms with E-state index >= 15 is 0 Å². The van der Waals surface area contributed by atoms with Crippen molar-refractivity contribution in [3.8, 4) is 0 Å². The Morgan fingerprint density at radius 3 is 2.79 bits per heavy atom. The normalized spacial score (nSPS) is 18.2. The second-order valence-electron chi connectivity index (χ2n) is 7.23. The van der Waals surface area contributed by atoms with Crippen LogP contribution in [0, 0.1) is 0 Å². The van der Waals surface area contributed by atoms with Crippen LogP contribution in [0.1, 0.15) is 48.4 Å². The van der Waals surface area contributed by atoms with Crippen molar-refractivity contribution in [3.05, 3.63) is 92.7 Å². The number of ether oxygens (including phenoxy) is 1. The summed E-state index contributed by atoms with van der Waals surface area (Å²) in [6.07, 6.45) is 1.18. The molecule has 5 heteroatoms. The fourth-order valence-electron chi connectivity index (χ4n) is 3.99. The van der Waals surface area contributed by atoms with E-state index in [9.17, 15) is 9.59 Å². The predicted molar refractivity (Wildman–Crippen MR) is 108 cm³/mol. The summed E-state index contributed by atoms with van der Waals surface area (Å²) in [5.74, 6) is -0.301. The van der Waals surface area contributed by atoms with Crippen LogP contribution in [0.15, 0.2) is 60.0 Å². The number of thiophene rings is 1. The summed E-state index contributed by atoms with van der Waals surface area (Å²) in [6.45, 7) is 1.39. The minimum Gasteiger partial charge on any atom is -0.454 e. The minimum absolute atomic E-state index is 0.0230. The SMILES string of the molecule is O=C1O[C@@H](c2ccccc2)Cc2cc(C(=O)N3CCc4sccc4C3)ccc21. The van der Waals surface area contributed by atoms with Gasteiger partial charge in [0.05, 0.1) is 5.56 Å². The standard InChI is InChI=1S/C23H19NO3S/c25-22(24-10-8-21-17(14-24)9-11-28-21)16-6-7-19-18(12-16)13-20(27-23(19)26)15-4-2-1-3-5-15/h1-7,9,11-12,20H,8,10,13-14H2/t20-/m1/s1. The van der Waals surface area contributed by atoms with Crippen LogP contribution < -0.4 is 0 Å². The number of fused-ring (bicyclic) bond motifs is 2. The van der Waals surface area contributed by atoms with Gasteiger partial charge in [-0.1, -0.05) is 30.3 Å². The van der Waals surface area contributed by atoms with Crippen molar-refractivity contribution in [1.82, 2.24) is 4.90 Å². The van der Waals surface area contributed by atoms with Crippen LogP contribution in [-0.4, -0.2) is 23.3 Å². The number of hydrogen-bond donors (Lipinski definition) is 0. The Morgan fingerprint density at radius 2 is 1.93 bits per heavy atom. The molecule has 3 aromatic rings. The van der Waals surface area contributed by atoms with Crippen molar-refractivity contribution in [2.45, 2.75) is 25.5 Å². The Morgan fingerprint density at radius 1 is 1.07 bits per heavy atom. The van der Waals surface area contributed by atoms with Crippen molar-refractivity contribution in [3.63, 3.8) is 0 Å². The Labute approximate surface area is 167 Å². The third kappa shape index (κ3) is 3.02. The quantitative estimate of drug-likeness (QED) is 0.610. The molecular weight excluding hydrogens is 370 g/mol. The number of esters is 1. The molecule has 1 aromatic heterocycles. The first kappa shape index (κ1) is 17.2. The molecular formula is C23H19NO3S. The molecule has 0 radical (unpaired) electrons. The van der Waals surface area contributed by atoms with Gasteiger partial charge in [0.15, 0.2) is 0 Å². The molecule has 2 aliphatic heterocycles. The molecule has 0 bridgehead atoms. The molecule has 2 aliphatic rings. The molecule has 0 N–H and O–H groups in total. The molecule has 0 spiro atoms. The highest BCUT2D eigenvalue weighted by molar-refractivity contribution is 7.10. The number of amides is 1. The van der Waals surface area contributed by atoms with Crippen LogP contribution in [0.2, 0.25) is 0 Å². The fourth-order valence-corrected chi connectivity index (χ4v) is 4.88. The predicted octanol–water partition coefficient (Wildman–Crippen LogP) is 4.40. The minimum atomic E-state index is -0.324. The zero-order valence-electron chi connectivity index (χ0n) is 15.3. The molecule has 5 rings (SSSR count). The van der Waals surface area contributed by atoms with Crippen molar-refractivity contribution in [1.29, 1.82) is 0 Å². The molecule has 0 saturated heterocycles. The van der Waals surface area contributed by atoms with Gasteiger partial charge < -0.3 is 9.64 Å². The molecule has 28 heavy (non-hydrogen) atoms. The number of nitrogens with zero attached hydrogens (tertiary/aromatic N) is 1. The van der Waals surface area contributed by atoms with Crippen molar-refractivity contribution < 1.29 is 14.3 Å². The molecule has 3 heterocycles. The van der Waals surface area contributed by atoms with Gasteiger partial charge in [-0.25, -0.2) is 4.79 Å². The molecule has 1 atom stereocenters. The maximum Gasteiger partial charge on any atom is 0.339 e. The number of carbonyl (C=O) groups excluding carboxylic acids is 2. The van der Waals surface area contributed by atoms with E-state index in [4.69, 9.17) is 4.74 Å². The summed E-state index contributed by atoms with van der Waals surface area (Å²) in [4.78, 5) is 28.8. The Balaban J connectivity index is 1.41. The van der Waals surface area contributed by atoms with Gasteiger partial charge in [0.25, 0.3) is 5.91 Å². The van der Waals surface area contributed by atoms with Crippen LogP contribution in [0.3, 0.4) is 0 Å². The lowest BCUT2D eigenvalue weighted by atomic mass is 9.93. The summed E-state index contributed by atoms with van der Waals surface area (Å²) in [6, 6.07) is 17.2. The third-order valence-corrected chi connectivity index (χ3v) is 6.52. The highest BCUT2D eigenvalue weighted by atomic mass is 32.1. The summed E-state index contributed by atoms with van der Waals surface area (Å²) in [5.41, 5.74) is 4.29. The van der Waals surface area contributed by atoms with E-state index in [1.54, 1.807) is 23.5 Å². The Hall–Kier alpha value is -2.92. The van der Waals surface area contributed by atoms with E-state index in [1.807, 2.05) is 41.3 Å². The van der Waals surface area contributed by atoms with Crippen molar-refractivity contribution in [2.75, 3.05) is 6.54 Å². The number of benzene rings is 2. The number of cyclic esters (lactones) is 1. The second-order valence-corrected chi connectivity index (χ2v) is 8.23. The fraction of sp³-hybridized carbons (Fsp3) is 0.217. The van der Waals surface area contributed by atoms with Gasteiger partial charge in [-0.15, -0.1) is 11.3 Å². The van der Waals surface area contributed by atoms with Gasteiger partial charge >= 0.3 is 5.97 Å². The molecule has 0 saturated carbocycles. The Kier molecular flexibility index (Phi) is 4.24. The number of carbonyl (C=O) groups is 2.